The van der Waals surface area contributed by atoms with Gasteiger partial charge in [-0.3, -0.25) is 0 Å². The molecule has 0 saturated carbocycles. The Bertz CT molecular complexity index is 3170. The van der Waals surface area contributed by atoms with Crippen molar-refractivity contribution in [3.8, 4) is 56.3 Å². The van der Waals surface area contributed by atoms with Crippen molar-refractivity contribution >= 4 is 49.0 Å². The van der Waals surface area contributed by atoms with Crippen molar-refractivity contribution in [3.63, 3.8) is 0 Å². The highest BCUT2D eigenvalue weighted by atomic mass is 14.9. The maximum absolute atomic E-state index is 5.21. The second kappa shape index (κ2) is 12.6. The van der Waals surface area contributed by atoms with E-state index in [0.717, 1.165) is 67.0 Å². The number of rotatable bonds is 5. The van der Waals surface area contributed by atoms with Crippen LogP contribution in [0, 0.1) is 0 Å². The van der Waals surface area contributed by atoms with Crippen LogP contribution < -0.4 is 0 Å². The molecule has 55 heavy (non-hydrogen) atoms. The molecule has 0 unspecified atom stereocenters. The summed E-state index contributed by atoms with van der Waals surface area (Å²) in [7, 11) is 0. The molecule has 256 valence electrons. The lowest BCUT2D eigenvalue weighted by molar-refractivity contribution is 1.18. The zero-order valence-electron chi connectivity index (χ0n) is 29.8. The average molecular weight is 701 g/mol. The average Bonchev–Trinajstić information content (AvgIpc) is 3.66. The summed E-state index contributed by atoms with van der Waals surface area (Å²) in [5.74, 6) is 0.690. The summed E-state index contributed by atoms with van der Waals surface area (Å²) < 4.78 is 2.34. The molecule has 0 saturated heterocycles. The molecule has 0 amide bonds. The summed E-state index contributed by atoms with van der Waals surface area (Å²) >= 11 is 0. The van der Waals surface area contributed by atoms with Crippen LogP contribution in [0.3, 0.4) is 0 Å². The van der Waals surface area contributed by atoms with Gasteiger partial charge < -0.3 is 4.40 Å². The van der Waals surface area contributed by atoms with Crippen LogP contribution in [0.2, 0.25) is 0 Å². The molecule has 0 atom stereocenters. The SMILES string of the molecule is c1cc(-c2ccc(-c3nc4ccccc4n4c3cc3ccccc34)cc2)cc(-c2nc(-c3ccc4ccccc4c3)cc(-c3ccc4ccccc4c3)n2)c1. The molecule has 4 nitrogen and oxygen atoms in total. The minimum absolute atomic E-state index is 0.690. The molecular weight excluding hydrogens is 669 g/mol. The lowest BCUT2D eigenvalue weighted by Crippen LogP contribution is -1.96. The fourth-order valence-corrected chi connectivity index (χ4v) is 7.95. The first-order valence-electron chi connectivity index (χ1n) is 18.6. The standard InChI is InChI=1S/C51H32N4/c1-3-12-37-28-40(26-22-33(37)10-1)45-32-46(41-27-23-34-11-2-4-13-38(34)29-41)54-51(53-45)43-16-9-15-39(30-43)35-20-24-36(25-21-35)50-49-31-42-14-5-7-18-47(42)55(49)48-19-8-6-17-44(48)52-50/h1-32H. The number of aromatic nitrogens is 4. The smallest absolute Gasteiger partial charge is 0.160 e. The van der Waals surface area contributed by atoms with Crippen molar-refractivity contribution in [2.75, 3.05) is 0 Å². The lowest BCUT2D eigenvalue weighted by atomic mass is 9.99. The molecule has 0 N–H and O–H groups in total. The van der Waals surface area contributed by atoms with Crippen molar-refractivity contribution < 1.29 is 0 Å². The van der Waals surface area contributed by atoms with Gasteiger partial charge in [0.2, 0.25) is 0 Å². The van der Waals surface area contributed by atoms with E-state index < -0.39 is 0 Å². The third kappa shape index (κ3) is 5.43. The molecule has 8 aromatic carbocycles. The highest BCUT2D eigenvalue weighted by Gasteiger charge is 2.16. The number of hydrogen-bond donors (Lipinski definition) is 0. The maximum atomic E-state index is 5.21. The molecule has 0 radical (unpaired) electrons. The monoisotopic (exact) mass is 700 g/mol. The predicted molar refractivity (Wildman–Crippen MR) is 228 cm³/mol. The van der Waals surface area contributed by atoms with E-state index in [1.165, 1.54) is 32.4 Å². The molecule has 0 aliphatic carbocycles. The first-order valence-corrected chi connectivity index (χ1v) is 18.6. The minimum Gasteiger partial charge on any atom is -0.306 e. The summed E-state index contributed by atoms with van der Waals surface area (Å²) in [5, 5.41) is 5.98. The molecule has 0 fully saturated rings. The van der Waals surface area contributed by atoms with Crippen molar-refractivity contribution in [1.29, 1.82) is 0 Å². The Kier molecular flexibility index (Phi) is 7.14. The quantitative estimate of drug-likeness (QED) is 0.179. The number of hydrogen-bond acceptors (Lipinski definition) is 3. The molecule has 3 heterocycles. The van der Waals surface area contributed by atoms with Crippen LogP contribution >= 0.6 is 0 Å². The number of fused-ring (bicyclic) bond motifs is 7. The first-order chi connectivity index (χ1) is 27.2. The summed E-state index contributed by atoms with van der Waals surface area (Å²) in [4.78, 5) is 15.6. The first kappa shape index (κ1) is 31.1. The second-order valence-corrected chi connectivity index (χ2v) is 14.1. The second-order valence-electron chi connectivity index (χ2n) is 14.1. The van der Waals surface area contributed by atoms with Gasteiger partial charge in [0.1, 0.15) is 0 Å². The Hall–Kier alpha value is -7.43. The zero-order valence-corrected chi connectivity index (χ0v) is 29.8. The van der Waals surface area contributed by atoms with E-state index in [1.807, 2.05) is 0 Å². The van der Waals surface area contributed by atoms with E-state index in [0.29, 0.717) is 5.82 Å². The number of para-hydroxylation sites is 3. The fourth-order valence-electron chi connectivity index (χ4n) is 7.95. The zero-order chi connectivity index (χ0) is 36.3. The molecule has 11 rings (SSSR count). The molecule has 3 aromatic heterocycles. The van der Waals surface area contributed by atoms with E-state index in [1.54, 1.807) is 0 Å². The molecule has 4 heteroatoms. The van der Waals surface area contributed by atoms with Gasteiger partial charge >= 0.3 is 0 Å². The van der Waals surface area contributed by atoms with Gasteiger partial charge in [-0.2, -0.15) is 0 Å². The predicted octanol–water partition coefficient (Wildman–Crippen LogP) is 13.1. The Labute approximate surface area is 317 Å². The Morgan fingerprint density at radius 2 is 0.836 bits per heavy atom. The molecule has 0 aliphatic rings. The van der Waals surface area contributed by atoms with Crippen molar-refractivity contribution in [2.24, 2.45) is 0 Å². The van der Waals surface area contributed by atoms with Gasteiger partial charge in [0.05, 0.1) is 39.1 Å². The summed E-state index contributed by atoms with van der Waals surface area (Å²) in [6.45, 7) is 0. The van der Waals surface area contributed by atoms with Crippen LogP contribution in [-0.4, -0.2) is 19.4 Å². The van der Waals surface area contributed by atoms with Crippen LogP contribution in [-0.2, 0) is 0 Å². The lowest BCUT2D eigenvalue weighted by Gasteiger charge is -2.12. The Morgan fingerprint density at radius 3 is 1.53 bits per heavy atom. The summed E-state index contributed by atoms with van der Waals surface area (Å²) in [6.07, 6.45) is 0. The van der Waals surface area contributed by atoms with Crippen LogP contribution in [0.5, 0.6) is 0 Å². The van der Waals surface area contributed by atoms with Gasteiger partial charge in [0.15, 0.2) is 5.82 Å². The van der Waals surface area contributed by atoms with Gasteiger partial charge in [0, 0.05) is 27.6 Å². The Balaban J connectivity index is 1.01. The van der Waals surface area contributed by atoms with Crippen LogP contribution in [0.25, 0.3) is 105 Å². The van der Waals surface area contributed by atoms with Gasteiger partial charge in [-0.1, -0.05) is 146 Å². The molecule has 0 bridgehead atoms. The van der Waals surface area contributed by atoms with E-state index in [4.69, 9.17) is 15.0 Å². The van der Waals surface area contributed by atoms with E-state index >= 15 is 0 Å². The third-order valence-corrected chi connectivity index (χ3v) is 10.7. The van der Waals surface area contributed by atoms with E-state index in [2.05, 4.69) is 199 Å². The number of benzene rings is 8. The fraction of sp³-hybridized carbons (Fsp3) is 0. The normalized spacial score (nSPS) is 11.6. The van der Waals surface area contributed by atoms with Gasteiger partial charge in [-0.05, 0) is 81.2 Å². The van der Waals surface area contributed by atoms with Crippen molar-refractivity contribution in [2.45, 2.75) is 0 Å². The maximum Gasteiger partial charge on any atom is 0.160 e. The third-order valence-electron chi connectivity index (χ3n) is 10.7. The van der Waals surface area contributed by atoms with Crippen LogP contribution in [0.1, 0.15) is 0 Å². The van der Waals surface area contributed by atoms with Gasteiger partial charge in [-0.15, -0.1) is 0 Å². The van der Waals surface area contributed by atoms with Gasteiger partial charge in [0.25, 0.3) is 0 Å². The van der Waals surface area contributed by atoms with Crippen molar-refractivity contribution in [3.05, 3.63) is 194 Å². The topological polar surface area (TPSA) is 43.1 Å². The molecular formula is C51H32N4. The highest BCUT2D eigenvalue weighted by molar-refractivity contribution is 5.99. The van der Waals surface area contributed by atoms with Crippen LogP contribution in [0.4, 0.5) is 0 Å². The molecule has 11 aromatic rings. The largest absolute Gasteiger partial charge is 0.306 e. The van der Waals surface area contributed by atoms with Crippen molar-refractivity contribution in [1.82, 2.24) is 19.4 Å². The summed E-state index contributed by atoms with van der Waals surface area (Å²) in [6, 6.07) is 68.6. The number of nitrogens with zero attached hydrogens (tertiary/aromatic N) is 4. The van der Waals surface area contributed by atoms with E-state index in [-0.39, 0.29) is 0 Å². The van der Waals surface area contributed by atoms with Crippen LogP contribution in [0.15, 0.2) is 194 Å². The minimum atomic E-state index is 0.690. The van der Waals surface area contributed by atoms with Gasteiger partial charge in [-0.25, -0.2) is 15.0 Å². The highest BCUT2D eigenvalue weighted by Crippen LogP contribution is 2.35. The molecule has 0 aliphatic heterocycles. The molecule has 0 spiro atoms. The summed E-state index contributed by atoms with van der Waals surface area (Å²) in [5.41, 5.74) is 13.5. The van der Waals surface area contributed by atoms with E-state index in [9.17, 15) is 0 Å². The Morgan fingerprint density at radius 1 is 0.291 bits per heavy atom.